The molecule has 0 aliphatic carbocycles. The molecular weight excluding hydrogens is 288 g/mol. The molecule has 0 spiro atoms. The van der Waals surface area contributed by atoms with E-state index in [1.54, 1.807) is 17.4 Å². The Morgan fingerprint density at radius 3 is 2.86 bits per heavy atom. The van der Waals surface area contributed by atoms with Crippen LogP contribution >= 0.6 is 11.3 Å². The lowest BCUT2D eigenvalue weighted by Gasteiger charge is -2.05. The number of rotatable bonds is 4. The smallest absolute Gasteiger partial charge is 0.270 e. The van der Waals surface area contributed by atoms with E-state index in [0.717, 1.165) is 27.4 Å². The molecule has 0 atom stereocenters. The standard InChI is InChI=1S/C14H12N4O2S/c1-9-16-11(8-21-9)7-15-14-5-2-10-6-12(18(19)20)3-4-13(10)17-14/h2-6,8H,7H2,1H3,(H,15,17). The molecule has 0 radical (unpaired) electrons. The Morgan fingerprint density at radius 2 is 2.14 bits per heavy atom. The topological polar surface area (TPSA) is 81.0 Å². The summed E-state index contributed by atoms with van der Waals surface area (Å²) in [6.07, 6.45) is 0. The summed E-state index contributed by atoms with van der Waals surface area (Å²) in [5.74, 6) is 0.724. The summed E-state index contributed by atoms with van der Waals surface area (Å²) < 4.78 is 0. The third kappa shape index (κ3) is 2.97. The van der Waals surface area contributed by atoms with Crippen molar-refractivity contribution < 1.29 is 4.92 Å². The molecule has 6 nitrogen and oxygen atoms in total. The van der Waals surface area contributed by atoms with Crippen molar-refractivity contribution >= 4 is 33.7 Å². The van der Waals surface area contributed by atoms with Crippen LogP contribution in [0.5, 0.6) is 0 Å². The van der Waals surface area contributed by atoms with Crippen molar-refractivity contribution in [3.05, 3.63) is 56.5 Å². The highest BCUT2D eigenvalue weighted by molar-refractivity contribution is 7.09. The Balaban J connectivity index is 1.80. The second-order valence-corrected chi connectivity index (χ2v) is 5.60. The highest BCUT2D eigenvalue weighted by Gasteiger charge is 2.07. The van der Waals surface area contributed by atoms with E-state index in [1.807, 2.05) is 24.4 Å². The Hall–Kier alpha value is -2.54. The molecule has 21 heavy (non-hydrogen) atoms. The molecule has 3 aromatic rings. The van der Waals surface area contributed by atoms with Crippen molar-refractivity contribution in [1.29, 1.82) is 0 Å². The molecule has 0 fully saturated rings. The Bertz CT molecular complexity index is 816. The monoisotopic (exact) mass is 300 g/mol. The first-order valence-electron chi connectivity index (χ1n) is 6.32. The summed E-state index contributed by atoms with van der Waals surface area (Å²) in [6.45, 7) is 2.57. The number of nitro groups is 1. The Morgan fingerprint density at radius 1 is 1.29 bits per heavy atom. The molecule has 0 saturated heterocycles. The predicted octanol–water partition coefficient (Wildman–Crippen LogP) is 3.52. The number of hydrogen-bond donors (Lipinski definition) is 1. The molecule has 2 heterocycles. The molecule has 106 valence electrons. The second kappa shape index (κ2) is 5.45. The van der Waals surface area contributed by atoms with Gasteiger partial charge in [0.15, 0.2) is 0 Å². The minimum absolute atomic E-state index is 0.0722. The summed E-state index contributed by atoms with van der Waals surface area (Å²) in [5, 5.41) is 17.7. The normalized spacial score (nSPS) is 10.7. The number of nitrogens with one attached hydrogen (secondary N) is 1. The fraction of sp³-hybridized carbons (Fsp3) is 0.143. The van der Waals surface area contributed by atoms with Gasteiger partial charge in [0.2, 0.25) is 0 Å². The van der Waals surface area contributed by atoms with Gasteiger partial charge in [-0.3, -0.25) is 10.1 Å². The third-order valence-corrected chi connectivity index (χ3v) is 3.82. The van der Waals surface area contributed by atoms with Crippen LogP contribution in [0.25, 0.3) is 10.9 Å². The van der Waals surface area contributed by atoms with Crippen LogP contribution in [-0.4, -0.2) is 14.9 Å². The first-order chi connectivity index (χ1) is 10.1. The fourth-order valence-corrected chi connectivity index (χ4v) is 2.61. The van der Waals surface area contributed by atoms with Crippen LogP contribution in [0.1, 0.15) is 10.7 Å². The number of hydrogen-bond acceptors (Lipinski definition) is 6. The van der Waals surface area contributed by atoms with Crippen LogP contribution in [0, 0.1) is 17.0 Å². The number of aromatic nitrogens is 2. The summed E-state index contributed by atoms with van der Waals surface area (Å²) in [4.78, 5) is 19.1. The quantitative estimate of drug-likeness (QED) is 0.589. The van der Waals surface area contributed by atoms with Gasteiger partial charge in [-0.15, -0.1) is 11.3 Å². The molecule has 2 aromatic heterocycles. The van der Waals surface area contributed by atoms with E-state index in [0.29, 0.717) is 6.54 Å². The van der Waals surface area contributed by atoms with Gasteiger partial charge >= 0.3 is 0 Å². The zero-order valence-electron chi connectivity index (χ0n) is 11.2. The van der Waals surface area contributed by atoms with Gasteiger partial charge in [0.25, 0.3) is 5.69 Å². The summed E-state index contributed by atoms with van der Waals surface area (Å²) in [5.41, 5.74) is 1.77. The van der Waals surface area contributed by atoms with Crippen LogP contribution in [0.4, 0.5) is 11.5 Å². The number of non-ortho nitro benzene ring substituents is 1. The van der Waals surface area contributed by atoms with Gasteiger partial charge in [-0.2, -0.15) is 0 Å². The lowest BCUT2D eigenvalue weighted by molar-refractivity contribution is -0.384. The Labute approximate surface area is 124 Å². The van der Waals surface area contributed by atoms with Crippen LogP contribution in [0.15, 0.2) is 35.7 Å². The van der Waals surface area contributed by atoms with E-state index < -0.39 is 4.92 Å². The van der Waals surface area contributed by atoms with Gasteiger partial charge < -0.3 is 5.32 Å². The number of nitro benzene ring substituents is 1. The van der Waals surface area contributed by atoms with Crippen LogP contribution in [-0.2, 0) is 6.54 Å². The van der Waals surface area contributed by atoms with Crippen LogP contribution in [0.2, 0.25) is 0 Å². The van der Waals surface area contributed by atoms with E-state index >= 15 is 0 Å². The maximum absolute atomic E-state index is 10.7. The van der Waals surface area contributed by atoms with Gasteiger partial charge in [0.1, 0.15) is 5.82 Å². The van der Waals surface area contributed by atoms with E-state index in [1.165, 1.54) is 12.1 Å². The van der Waals surface area contributed by atoms with Gasteiger partial charge in [-0.05, 0) is 25.1 Å². The molecule has 0 aliphatic rings. The molecule has 0 aliphatic heterocycles. The molecular formula is C14H12N4O2S. The van der Waals surface area contributed by atoms with E-state index in [2.05, 4.69) is 15.3 Å². The second-order valence-electron chi connectivity index (χ2n) is 4.54. The lowest BCUT2D eigenvalue weighted by Crippen LogP contribution is -2.01. The molecule has 3 rings (SSSR count). The Kier molecular flexibility index (Phi) is 3.49. The fourth-order valence-electron chi connectivity index (χ4n) is 2.00. The van der Waals surface area contributed by atoms with Crippen molar-refractivity contribution in [2.75, 3.05) is 5.32 Å². The van der Waals surface area contributed by atoms with Gasteiger partial charge in [0.05, 0.1) is 27.7 Å². The first kappa shape index (κ1) is 13.4. The molecule has 0 bridgehead atoms. The molecule has 1 N–H and O–H groups in total. The first-order valence-corrected chi connectivity index (χ1v) is 7.20. The zero-order valence-corrected chi connectivity index (χ0v) is 12.1. The summed E-state index contributed by atoms with van der Waals surface area (Å²) in [6, 6.07) is 8.28. The largest absolute Gasteiger partial charge is 0.364 e. The van der Waals surface area contributed by atoms with E-state index in [4.69, 9.17) is 0 Å². The number of benzene rings is 1. The van der Waals surface area contributed by atoms with Gasteiger partial charge in [0, 0.05) is 22.9 Å². The van der Waals surface area contributed by atoms with Crippen molar-refractivity contribution in [2.45, 2.75) is 13.5 Å². The zero-order chi connectivity index (χ0) is 14.8. The molecule has 1 aromatic carbocycles. The predicted molar refractivity (Wildman–Crippen MR) is 82.6 cm³/mol. The van der Waals surface area contributed by atoms with Crippen molar-refractivity contribution in [3.63, 3.8) is 0 Å². The third-order valence-electron chi connectivity index (χ3n) is 3.00. The minimum atomic E-state index is -0.407. The number of thiazole rings is 1. The van der Waals surface area contributed by atoms with Crippen molar-refractivity contribution in [1.82, 2.24) is 9.97 Å². The number of aryl methyl sites for hydroxylation is 1. The average molecular weight is 300 g/mol. The highest BCUT2D eigenvalue weighted by atomic mass is 32.1. The lowest BCUT2D eigenvalue weighted by atomic mass is 10.2. The van der Waals surface area contributed by atoms with Gasteiger partial charge in [-0.1, -0.05) is 0 Å². The van der Waals surface area contributed by atoms with E-state index in [-0.39, 0.29) is 5.69 Å². The maximum atomic E-state index is 10.7. The molecule has 0 amide bonds. The van der Waals surface area contributed by atoms with E-state index in [9.17, 15) is 10.1 Å². The summed E-state index contributed by atoms with van der Waals surface area (Å²) >= 11 is 1.61. The van der Waals surface area contributed by atoms with Crippen molar-refractivity contribution in [2.24, 2.45) is 0 Å². The van der Waals surface area contributed by atoms with Crippen molar-refractivity contribution in [3.8, 4) is 0 Å². The van der Waals surface area contributed by atoms with Crippen LogP contribution in [0.3, 0.4) is 0 Å². The molecule has 7 heteroatoms. The number of anilines is 1. The van der Waals surface area contributed by atoms with Crippen LogP contribution < -0.4 is 5.32 Å². The number of pyridine rings is 1. The molecule has 0 unspecified atom stereocenters. The summed E-state index contributed by atoms with van der Waals surface area (Å²) in [7, 11) is 0. The SMILES string of the molecule is Cc1nc(CNc2ccc3cc([N+](=O)[O-])ccc3n2)cs1. The maximum Gasteiger partial charge on any atom is 0.270 e. The average Bonchev–Trinajstić information content (AvgIpc) is 2.90. The number of nitrogens with zero attached hydrogens (tertiary/aromatic N) is 3. The van der Waals surface area contributed by atoms with Gasteiger partial charge in [-0.25, -0.2) is 9.97 Å². The minimum Gasteiger partial charge on any atom is -0.364 e. The molecule has 0 saturated carbocycles. The number of fused-ring (bicyclic) bond motifs is 1. The highest BCUT2D eigenvalue weighted by Crippen LogP contribution is 2.21.